The van der Waals surface area contributed by atoms with E-state index in [9.17, 15) is 13.2 Å². The van der Waals surface area contributed by atoms with Gasteiger partial charge < -0.3 is 4.90 Å². The van der Waals surface area contributed by atoms with Gasteiger partial charge in [0.15, 0.2) is 0 Å². The van der Waals surface area contributed by atoms with Gasteiger partial charge in [-0.05, 0) is 42.3 Å². The van der Waals surface area contributed by atoms with Crippen LogP contribution in [-0.4, -0.2) is 26.3 Å². The highest BCUT2D eigenvalue weighted by molar-refractivity contribution is 7.92. The molecule has 0 unspecified atom stereocenters. The van der Waals surface area contributed by atoms with Crippen LogP contribution in [0, 0.1) is 6.92 Å². The van der Waals surface area contributed by atoms with E-state index < -0.39 is 10.0 Å². The number of nitrogens with zero attached hydrogens (tertiary/aromatic N) is 1. The van der Waals surface area contributed by atoms with Crippen molar-refractivity contribution < 1.29 is 13.2 Å². The molecule has 1 amide bonds. The lowest BCUT2D eigenvalue weighted by Gasteiger charge is -2.20. The molecule has 0 saturated heterocycles. The Hall–Kier alpha value is -3.12. The van der Waals surface area contributed by atoms with Gasteiger partial charge in [0, 0.05) is 19.2 Å². The van der Waals surface area contributed by atoms with Crippen LogP contribution in [-0.2, 0) is 16.6 Å². The van der Waals surface area contributed by atoms with E-state index in [1.165, 1.54) is 12.1 Å². The molecule has 28 heavy (non-hydrogen) atoms. The van der Waals surface area contributed by atoms with Gasteiger partial charge >= 0.3 is 0 Å². The maximum atomic E-state index is 12.9. The first-order valence-electron chi connectivity index (χ1n) is 8.85. The first-order chi connectivity index (χ1) is 13.4. The fraction of sp³-hybridized carbons (Fsp3) is 0.136. The molecule has 0 aliphatic rings. The van der Waals surface area contributed by atoms with Gasteiger partial charge in [-0.15, -0.1) is 0 Å². The molecule has 0 aromatic heterocycles. The average Bonchev–Trinajstić information content (AvgIpc) is 2.70. The molecule has 0 bridgehead atoms. The highest BCUT2D eigenvalue weighted by Crippen LogP contribution is 2.23. The number of carbonyl (C=O) groups is 1. The average molecular weight is 394 g/mol. The van der Waals surface area contributed by atoms with Crippen molar-refractivity contribution in [2.75, 3.05) is 11.8 Å². The van der Waals surface area contributed by atoms with E-state index in [-0.39, 0.29) is 10.8 Å². The minimum Gasteiger partial charge on any atom is -0.337 e. The van der Waals surface area contributed by atoms with E-state index in [1.54, 1.807) is 55.3 Å². The zero-order valence-electron chi connectivity index (χ0n) is 15.8. The van der Waals surface area contributed by atoms with E-state index in [2.05, 4.69) is 4.72 Å². The molecule has 0 atom stereocenters. The second kappa shape index (κ2) is 8.27. The number of sulfonamides is 1. The monoisotopic (exact) mass is 394 g/mol. The molecule has 0 saturated carbocycles. The third kappa shape index (κ3) is 4.40. The Morgan fingerprint density at radius 2 is 1.50 bits per heavy atom. The molecule has 0 fully saturated rings. The molecule has 0 spiro atoms. The van der Waals surface area contributed by atoms with Crippen molar-refractivity contribution >= 4 is 21.6 Å². The van der Waals surface area contributed by atoms with Crippen LogP contribution in [0.15, 0.2) is 83.8 Å². The van der Waals surface area contributed by atoms with Gasteiger partial charge in [0.25, 0.3) is 15.9 Å². The van der Waals surface area contributed by atoms with Gasteiger partial charge in [0.1, 0.15) is 0 Å². The topological polar surface area (TPSA) is 66.5 Å². The van der Waals surface area contributed by atoms with E-state index in [1.807, 2.05) is 30.3 Å². The van der Waals surface area contributed by atoms with Crippen LogP contribution in [0.1, 0.15) is 21.5 Å². The molecule has 3 aromatic rings. The van der Waals surface area contributed by atoms with Crippen molar-refractivity contribution in [2.24, 2.45) is 0 Å². The molecule has 0 heterocycles. The number of amides is 1. The Morgan fingerprint density at radius 3 is 2.14 bits per heavy atom. The van der Waals surface area contributed by atoms with Gasteiger partial charge in [-0.25, -0.2) is 8.42 Å². The van der Waals surface area contributed by atoms with Crippen molar-refractivity contribution in [2.45, 2.75) is 18.4 Å². The lowest BCUT2D eigenvalue weighted by molar-refractivity contribution is 0.0784. The molecule has 6 heteroatoms. The minimum absolute atomic E-state index is 0.165. The van der Waals surface area contributed by atoms with Crippen molar-refractivity contribution in [3.05, 3.63) is 95.6 Å². The number of benzene rings is 3. The van der Waals surface area contributed by atoms with E-state index in [4.69, 9.17) is 0 Å². The number of rotatable bonds is 6. The van der Waals surface area contributed by atoms with Gasteiger partial charge in [-0.3, -0.25) is 9.52 Å². The second-order valence-electron chi connectivity index (χ2n) is 6.54. The quantitative estimate of drug-likeness (QED) is 0.685. The lowest BCUT2D eigenvalue weighted by atomic mass is 10.1. The first kappa shape index (κ1) is 19.6. The van der Waals surface area contributed by atoms with Crippen LogP contribution in [0.3, 0.4) is 0 Å². The Morgan fingerprint density at radius 1 is 0.893 bits per heavy atom. The number of anilines is 1. The predicted octanol–water partition coefficient (Wildman–Crippen LogP) is 4.07. The zero-order chi connectivity index (χ0) is 20.1. The SMILES string of the molecule is Cc1c(NS(=O)(=O)c2ccccc2)cccc1C(=O)N(C)Cc1ccccc1. The molecule has 3 rings (SSSR count). The Balaban J connectivity index is 1.83. The Kier molecular flexibility index (Phi) is 5.80. The van der Waals surface area contributed by atoms with Crippen LogP contribution in [0.4, 0.5) is 5.69 Å². The predicted molar refractivity (Wildman–Crippen MR) is 111 cm³/mol. The molecule has 3 aromatic carbocycles. The number of carbonyl (C=O) groups excluding carboxylic acids is 1. The highest BCUT2D eigenvalue weighted by atomic mass is 32.2. The van der Waals surface area contributed by atoms with Crippen LogP contribution < -0.4 is 4.72 Å². The molecule has 1 N–H and O–H groups in total. The number of hydrogen-bond donors (Lipinski definition) is 1. The second-order valence-corrected chi connectivity index (χ2v) is 8.23. The van der Waals surface area contributed by atoms with Crippen LogP contribution in [0.5, 0.6) is 0 Å². The summed E-state index contributed by atoms with van der Waals surface area (Å²) in [6.45, 7) is 2.21. The van der Waals surface area contributed by atoms with Gasteiger partial charge in [0.05, 0.1) is 10.6 Å². The van der Waals surface area contributed by atoms with Crippen molar-refractivity contribution in [1.29, 1.82) is 0 Å². The summed E-state index contributed by atoms with van der Waals surface area (Å²) in [5.41, 5.74) is 2.47. The molecular weight excluding hydrogens is 372 g/mol. The molecule has 0 aliphatic carbocycles. The first-order valence-corrected chi connectivity index (χ1v) is 10.3. The molecule has 144 valence electrons. The molecule has 0 radical (unpaired) electrons. The van der Waals surface area contributed by atoms with E-state index >= 15 is 0 Å². The summed E-state index contributed by atoms with van der Waals surface area (Å²) in [4.78, 5) is 14.7. The van der Waals surface area contributed by atoms with Crippen molar-refractivity contribution in [3.63, 3.8) is 0 Å². The molecular formula is C22H22N2O3S. The van der Waals surface area contributed by atoms with Crippen LogP contribution in [0.25, 0.3) is 0 Å². The molecule has 0 aliphatic heterocycles. The van der Waals surface area contributed by atoms with Crippen LogP contribution >= 0.6 is 0 Å². The van der Waals surface area contributed by atoms with Gasteiger partial charge in [-0.2, -0.15) is 0 Å². The maximum absolute atomic E-state index is 12.9. The number of hydrogen-bond acceptors (Lipinski definition) is 3. The van der Waals surface area contributed by atoms with Gasteiger partial charge in [-0.1, -0.05) is 54.6 Å². The third-order valence-corrected chi connectivity index (χ3v) is 5.85. The number of nitrogens with one attached hydrogen (secondary N) is 1. The van der Waals surface area contributed by atoms with Crippen molar-refractivity contribution in [3.8, 4) is 0 Å². The fourth-order valence-corrected chi connectivity index (χ4v) is 4.06. The minimum atomic E-state index is -3.72. The highest BCUT2D eigenvalue weighted by Gasteiger charge is 2.19. The third-order valence-electron chi connectivity index (χ3n) is 4.47. The summed E-state index contributed by atoms with van der Waals surface area (Å²) in [5, 5.41) is 0. The largest absolute Gasteiger partial charge is 0.337 e. The summed E-state index contributed by atoms with van der Waals surface area (Å²) in [6, 6.07) is 22.9. The van der Waals surface area contributed by atoms with E-state index in [0.29, 0.717) is 23.4 Å². The zero-order valence-corrected chi connectivity index (χ0v) is 16.6. The smallest absolute Gasteiger partial charge is 0.261 e. The maximum Gasteiger partial charge on any atom is 0.261 e. The standard InChI is InChI=1S/C22H22N2O3S/c1-17-20(22(25)24(2)16-18-10-5-3-6-11-18)14-9-15-21(17)23-28(26,27)19-12-7-4-8-13-19/h3-15,23H,16H2,1-2H3. The summed E-state index contributed by atoms with van der Waals surface area (Å²) < 4.78 is 27.8. The van der Waals surface area contributed by atoms with Gasteiger partial charge in [0.2, 0.25) is 0 Å². The Bertz CT molecular complexity index is 1070. The lowest BCUT2D eigenvalue weighted by Crippen LogP contribution is -2.27. The van der Waals surface area contributed by atoms with E-state index in [0.717, 1.165) is 5.56 Å². The summed E-state index contributed by atoms with van der Waals surface area (Å²) in [7, 11) is -1.99. The van der Waals surface area contributed by atoms with Crippen LogP contribution in [0.2, 0.25) is 0 Å². The summed E-state index contributed by atoms with van der Waals surface area (Å²) >= 11 is 0. The normalized spacial score (nSPS) is 11.1. The molecule has 5 nitrogen and oxygen atoms in total. The summed E-state index contributed by atoms with van der Waals surface area (Å²) in [6.07, 6.45) is 0. The van der Waals surface area contributed by atoms with Crippen molar-refractivity contribution in [1.82, 2.24) is 4.90 Å². The Labute approximate surface area is 165 Å². The fourth-order valence-electron chi connectivity index (χ4n) is 2.92. The summed E-state index contributed by atoms with van der Waals surface area (Å²) in [5.74, 6) is -0.165.